The summed E-state index contributed by atoms with van der Waals surface area (Å²) in [7, 11) is -4.21. The zero-order valence-corrected chi connectivity index (χ0v) is 22.2. The topological polar surface area (TPSA) is 102 Å². The van der Waals surface area contributed by atoms with Gasteiger partial charge in [-0.1, -0.05) is 48.0 Å². The quantitative estimate of drug-likeness (QED) is 0.266. The molecule has 0 aliphatic rings. The van der Waals surface area contributed by atoms with E-state index in [9.17, 15) is 18.5 Å². The van der Waals surface area contributed by atoms with Gasteiger partial charge in [0.25, 0.3) is 5.56 Å². The number of pyridine rings is 1. The Balaban J connectivity index is 1.96. The number of hydrogen-bond acceptors (Lipinski definition) is 6. The molecule has 7 nitrogen and oxygen atoms in total. The molecule has 0 aliphatic carbocycles. The second-order valence-electron chi connectivity index (χ2n) is 8.44. The Morgan fingerprint density at radius 3 is 2.53 bits per heavy atom. The fourth-order valence-electron chi connectivity index (χ4n) is 3.64. The molecule has 36 heavy (non-hydrogen) atoms. The van der Waals surface area contributed by atoms with Crippen LogP contribution in [-0.2, 0) is 9.84 Å². The number of nitrogens with zero attached hydrogens (tertiary/aromatic N) is 3. The second kappa shape index (κ2) is 10.1. The fraction of sp³-hybridized carbons (Fsp3) is 0.148. The first-order valence-electron chi connectivity index (χ1n) is 11.0. The molecule has 0 unspecified atom stereocenters. The number of nitriles is 1. The molecule has 0 spiro atoms. The van der Waals surface area contributed by atoms with Gasteiger partial charge in [0.1, 0.15) is 27.9 Å². The van der Waals surface area contributed by atoms with Crippen molar-refractivity contribution < 1.29 is 13.2 Å². The van der Waals surface area contributed by atoms with E-state index < -0.39 is 20.3 Å². The van der Waals surface area contributed by atoms with Gasteiger partial charge in [0.2, 0.25) is 15.7 Å². The standard InChI is InChI=1S/C27H22BrN3O4S/c1-17(2)22-12-7-18(3)14-24(22)35-26-23(27(32)31-13-5-4-6-25(31)30-26)15-21(16-29)36(33,34)20-10-8-19(28)9-11-20/h4-15,17H,1-3H3. The van der Waals surface area contributed by atoms with Crippen LogP contribution in [0.1, 0.15) is 36.5 Å². The van der Waals surface area contributed by atoms with Gasteiger partial charge in [0.15, 0.2) is 0 Å². The normalized spacial score (nSPS) is 12.1. The van der Waals surface area contributed by atoms with E-state index in [2.05, 4.69) is 20.9 Å². The minimum Gasteiger partial charge on any atom is -0.438 e. The van der Waals surface area contributed by atoms with E-state index in [-0.39, 0.29) is 22.3 Å². The van der Waals surface area contributed by atoms with Crippen molar-refractivity contribution in [2.45, 2.75) is 31.6 Å². The van der Waals surface area contributed by atoms with Crippen molar-refractivity contribution in [3.63, 3.8) is 0 Å². The highest BCUT2D eigenvalue weighted by Gasteiger charge is 2.24. The van der Waals surface area contributed by atoms with Gasteiger partial charge in [-0.3, -0.25) is 9.20 Å². The lowest BCUT2D eigenvalue weighted by Crippen LogP contribution is -2.19. The Labute approximate surface area is 217 Å². The van der Waals surface area contributed by atoms with Gasteiger partial charge in [-0.15, -0.1) is 0 Å². The lowest BCUT2D eigenvalue weighted by molar-refractivity contribution is 0.452. The summed E-state index contributed by atoms with van der Waals surface area (Å²) in [6.45, 7) is 5.94. The van der Waals surface area contributed by atoms with Gasteiger partial charge in [0, 0.05) is 10.7 Å². The summed E-state index contributed by atoms with van der Waals surface area (Å²) in [6, 6.07) is 18.4. The van der Waals surface area contributed by atoms with Crippen LogP contribution >= 0.6 is 15.9 Å². The predicted octanol–water partition coefficient (Wildman–Crippen LogP) is 6.02. The second-order valence-corrected chi connectivity index (χ2v) is 11.3. The summed E-state index contributed by atoms with van der Waals surface area (Å²) in [5, 5.41) is 9.80. The highest BCUT2D eigenvalue weighted by molar-refractivity contribution is 9.10. The van der Waals surface area contributed by atoms with Crippen LogP contribution in [0.15, 0.2) is 85.9 Å². The molecule has 0 aliphatic heterocycles. The molecule has 4 rings (SSSR count). The zero-order valence-electron chi connectivity index (χ0n) is 19.8. The molecular formula is C27H22BrN3O4S. The molecule has 0 N–H and O–H groups in total. The number of ether oxygens (including phenoxy) is 1. The van der Waals surface area contributed by atoms with Crippen molar-refractivity contribution in [1.29, 1.82) is 5.26 Å². The molecule has 2 aromatic heterocycles. The molecule has 0 amide bonds. The van der Waals surface area contributed by atoms with Crippen LogP contribution in [0.3, 0.4) is 0 Å². The molecule has 0 fully saturated rings. The van der Waals surface area contributed by atoms with Crippen LogP contribution in [-0.4, -0.2) is 17.8 Å². The van der Waals surface area contributed by atoms with Gasteiger partial charge in [0.05, 0.1) is 4.90 Å². The van der Waals surface area contributed by atoms with Crippen LogP contribution < -0.4 is 10.3 Å². The first-order chi connectivity index (χ1) is 17.1. The van der Waals surface area contributed by atoms with E-state index in [1.165, 1.54) is 22.7 Å². The van der Waals surface area contributed by atoms with Crippen molar-refractivity contribution >= 4 is 37.5 Å². The molecule has 0 bridgehead atoms. The summed E-state index contributed by atoms with van der Waals surface area (Å²) in [4.78, 5) is 17.3. The van der Waals surface area contributed by atoms with Crippen molar-refractivity contribution in [3.8, 4) is 17.7 Å². The predicted molar refractivity (Wildman–Crippen MR) is 142 cm³/mol. The van der Waals surface area contributed by atoms with Crippen LogP contribution in [0, 0.1) is 18.3 Å². The highest BCUT2D eigenvalue weighted by atomic mass is 79.9. The number of aryl methyl sites for hydroxylation is 1. The van der Waals surface area contributed by atoms with Crippen LogP contribution in [0.4, 0.5) is 0 Å². The molecular weight excluding hydrogens is 542 g/mol. The minimum atomic E-state index is -4.21. The molecule has 0 atom stereocenters. The Kier molecular flexibility index (Phi) is 7.11. The average molecular weight is 564 g/mol. The molecule has 0 saturated heterocycles. The molecule has 0 saturated carbocycles. The summed E-state index contributed by atoms with van der Waals surface area (Å²) in [5.74, 6) is 0.534. The number of rotatable bonds is 6. The first-order valence-corrected chi connectivity index (χ1v) is 13.3. The number of aromatic nitrogens is 2. The zero-order chi connectivity index (χ0) is 26.0. The van der Waals surface area contributed by atoms with Gasteiger partial charge in [-0.05, 0) is 72.5 Å². The largest absolute Gasteiger partial charge is 0.438 e. The molecule has 2 aromatic carbocycles. The van der Waals surface area contributed by atoms with E-state index >= 15 is 0 Å². The van der Waals surface area contributed by atoms with Crippen molar-refractivity contribution in [1.82, 2.24) is 9.38 Å². The number of benzene rings is 2. The number of fused-ring (bicyclic) bond motifs is 1. The van der Waals surface area contributed by atoms with Crippen LogP contribution in [0.2, 0.25) is 0 Å². The summed E-state index contributed by atoms with van der Waals surface area (Å²) in [6.07, 6.45) is 2.56. The molecule has 2 heterocycles. The molecule has 182 valence electrons. The van der Waals surface area contributed by atoms with Crippen LogP contribution in [0.25, 0.3) is 11.7 Å². The third kappa shape index (κ3) is 4.96. The van der Waals surface area contributed by atoms with E-state index in [4.69, 9.17) is 4.74 Å². The average Bonchev–Trinajstić information content (AvgIpc) is 2.84. The smallest absolute Gasteiger partial charge is 0.269 e. The maximum Gasteiger partial charge on any atom is 0.269 e. The van der Waals surface area contributed by atoms with E-state index in [0.717, 1.165) is 17.2 Å². The van der Waals surface area contributed by atoms with E-state index in [0.29, 0.717) is 15.9 Å². The number of halogens is 1. The third-order valence-corrected chi connectivity index (χ3v) is 7.74. The van der Waals surface area contributed by atoms with E-state index in [1.54, 1.807) is 36.4 Å². The third-order valence-electron chi connectivity index (χ3n) is 5.53. The summed E-state index contributed by atoms with van der Waals surface area (Å²) in [5.41, 5.74) is 1.45. The van der Waals surface area contributed by atoms with Crippen molar-refractivity contribution in [3.05, 3.63) is 103 Å². The van der Waals surface area contributed by atoms with Gasteiger partial charge >= 0.3 is 0 Å². The monoisotopic (exact) mass is 563 g/mol. The van der Waals surface area contributed by atoms with Crippen molar-refractivity contribution in [2.75, 3.05) is 0 Å². The van der Waals surface area contributed by atoms with Gasteiger partial charge in [-0.2, -0.15) is 10.2 Å². The Bertz CT molecular complexity index is 1700. The highest BCUT2D eigenvalue weighted by Crippen LogP contribution is 2.33. The summed E-state index contributed by atoms with van der Waals surface area (Å²) < 4.78 is 34.6. The SMILES string of the molecule is Cc1ccc(C(C)C)c(Oc2nc3ccccn3c(=O)c2C=C(C#N)S(=O)(=O)c2ccc(Br)cc2)c1. The maximum atomic E-state index is 13.5. The summed E-state index contributed by atoms with van der Waals surface area (Å²) >= 11 is 3.27. The van der Waals surface area contributed by atoms with Gasteiger partial charge in [-0.25, -0.2) is 8.42 Å². The van der Waals surface area contributed by atoms with Crippen LogP contribution in [0.5, 0.6) is 11.6 Å². The number of sulfone groups is 1. The minimum absolute atomic E-state index is 0.0735. The Morgan fingerprint density at radius 1 is 1.14 bits per heavy atom. The lowest BCUT2D eigenvalue weighted by atomic mass is 10.0. The van der Waals surface area contributed by atoms with E-state index in [1.807, 2.05) is 39.0 Å². The Hall–Kier alpha value is -3.74. The molecule has 0 radical (unpaired) electrons. The molecule has 9 heteroatoms. The lowest BCUT2D eigenvalue weighted by Gasteiger charge is -2.16. The number of allylic oxidation sites excluding steroid dienone is 1. The number of hydrogen-bond donors (Lipinski definition) is 0. The van der Waals surface area contributed by atoms with Crippen molar-refractivity contribution in [2.24, 2.45) is 0 Å². The maximum absolute atomic E-state index is 13.5. The first kappa shape index (κ1) is 25.4. The molecule has 4 aromatic rings. The Morgan fingerprint density at radius 2 is 1.86 bits per heavy atom. The fourth-order valence-corrected chi connectivity index (χ4v) is 5.04. The van der Waals surface area contributed by atoms with Gasteiger partial charge < -0.3 is 4.74 Å².